The van der Waals surface area contributed by atoms with Gasteiger partial charge in [0.2, 0.25) is 0 Å². The van der Waals surface area contributed by atoms with Crippen LogP contribution in [-0.2, 0) is 0 Å². The zero-order valence-corrected chi connectivity index (χ0v) is 9.71. The first-order chi connectivity index (χ1) is 8.08. The molecule has 0 aliphatic carbocycles. The Labute approximate surface area is 99.7 Å². The van der Waals surface area contributed by atoms with Crippen LogP contribution in [0.2, 0.25) is 0 Å². The molecule has 0 bridgehead atoms. The van der Waals surface area contributed by atoms with Gasteiger partial charge in [-0.15, -0.1) is 0 Å². The number of nitrogens with zero attached hydrogens (tertiary/aromatic N) is 3. The Bertz CT molecular complexity index is 406. The number of hydrogen-bond acceptors (Lipinski definition) is 4. The normalized spacial score (nSPS) is 20.4. The van der Waals surface area contributed by atoms with Crippen LogP contribution in [0.15, 0.2) is 18.3 Å². The second-order valence-corrected chi connectivity index (χ2v) is 4.22. The van der Waals surface area contributed by atoms with Gasteiger partial charge in [0, 0.05) is 25.7 Å². The summed E-state index contributed by atoms with van der Waals surface area (Å²) in [6.07, 6.45) is 0.756. The van der Waals surface area contributed by atoms with Gasteiger partial charge in [-0.3, -0.25) is 0 Å². The molecule has 1 amide bonds. The highest BCUT2D eigenvalue weighted by molar-refractivity contribution is 5.66. The largest absolute Gasteiger partial charge is 0.465 e. The minimum atomic E-state index is -0.859. The van der Waals surface area contributed by atoms with Gasteiger partial charge < -0.3 is 20.6 Å². The molecule has 1 aliphatic rings. The van der Waals surface area contributed by atoms with Gasteiger partial charge in [0.1, 0.15) is 5.82 Å². The Kier molecular flexibility index (Phi) is 3.03. The molecule has 0 saturated carbocycles. The number of rotatable bonds is 1. The number of piperazine rings is 1. The standard InChI is InChI=1S/C11H16N4O2/c1-8-7-14(4-5-15(8)11(16)17)10-3-2-9(12)6-13-10/h2-3,6,8H,4-5,7,12H2,1H3,(H,16,17)/t8-/m1/s1. The molecule has 1 saturated heterocycles. The van der Waals surface area contributed by atoms with Crippen molar-refractivity contribution in [3.63, 3.8) is 0 Å². The second kappa shape index (κ2) is 4.48. The van der Waals surface area contributed by atoms with E-state index < -0.39 is 6.09 Å². The lowest BCUT2D eigenvalue weighted by atomic mass is 10.2. The van der Waals surface area contributed by atoms with Crippen LogP contribution in [0.4, 0.5) is 16.3 Å². The third-order valence-electron chi connectivity index (χ3n) is 2.97. The van der Waals surface area contributed by atoms with E-state index in [1.165, 1.54) is 4.90 Å². The van der Waals surface area contributed by atoms with Gasteiger partial charge >= 0.3 is 6.09 Å². The molecule has 2 heterocycles. The first kappa shape index (κ1) is 11.5. The van der Waals surface area contributed by atoms with Crippen molar-refractivity contribution in [3.8, 4) is 0 Å². The van der Waals surface area contributed by atoms with Crippen LogP contribution in [0.5, 0.6) is 0 Å². The van der Waals surface area contributed by atoms with Crippen molar-refractivity contribution in [3.05, 3.63) is 18.3 Å². The lowest BCUT2D eigenvalue weighted by Gasteiger charge is -2.38. The van der Waals surface area contributed by atoms with Crippen LogP contribution in [0.25, 0.3) is 0 Å². The van der Waals surface area contributed by atoms with E-state index in [0.29, 0.717) is 25.3 Å². The Balaban J connectivity index is 2.06. The lowest BCUT2D eigenvalue weighted by Crippen LogP contribution is -2.53. The average Bonchev–Trinajstić information content (AvgIpc) is 2.29. The average molecular weight is 236 g/mol. The number of pyridine rings is 1. The summed E-state index contributed by atoms with van der Waals surface area (Å²) in [5, 5.41) is 8.98. The summed E-state index contributed by atoms with van der Waals surface area (Å²) in [7, 11) is 0. The molecule has 0 unspecified atom stereocenters. The van der Waals surface area contributed by atoms with Gasteiger partial charge in [-0.25, -0.2) is 9.78 Å². The SMILES string of the molecule is C[C@@H]1CN(c2ccc(N)cn2)CCN1C(=O)O. The molecule has 1 aliphatic heterocycles. The summed E-state index contributed by atoms with van der Waals surface area (Å²) in [6.45, 7) is 3.72. The molecule has 6 heteroatoms. The van der Waals surface area contributed by atoms with Crippen molar-refractivity contribution in [2.24, 2.45) is 0 Å². The van der Waals surface area contributed by atoms with Crippen LogP contribution in [-0.4, -0.2) is 46.8 Å². The van der Waals surface area contributed by atoms with Gasteiger partial charge in [-0.05, 0) is 19.1 Å². The predicted octanol–water partition coefficient (Wildman–Crippen LogP) is 0.852. The van der Waals surface area contributed by atoms with Gasteiger partial charge in [-0.1, -0.05) is 0 Å². The smallest absolute Gasteiger partial charge is 0.407 e. The Morgan fingerprint density at radius 1 is 1.53 bits per heavy atom. The van der Waals surface area contributed by atoms with Crippen molar-refractivity contribution < 1.29 is 9.90 Å². The van der Waals surface area contributed by atoms with E-state index in [4.69, 9.17) is 10.8 Å². The summed E-state index contributed by atoms with van der Waals surface area (Å²) in [5.41, 5.74) is 6.21. The third-order valence-corrected chi connectivity index (χ3v) is 2.97. The fourth-order valence-corrected chi connectivity index (χ4v) is 2.03. The molecule has 1 atom stereocenters. The molecule has 92 valence electrons. The molecule has 17 heavy (non-hydrogen) atoms. The van der Waals surface area contributed by atoms with Crippen LogP contribution >= 0.6 is 0 Å². The minimum absolute atomic E-state index is 0.0272. The molecule has 1 fully saturated rings. The Morgan fingerprint density at radius 2 is 2.29 bits per heavy atom. The molecule has 0 spiro atoms. The van der Waals surface area contributed by atoms with E-state index in [0.717, 1.165) is 5.82 Å². The van der Waals surface area contributed by atoms with Crippen molar-refractivity contribution in [2.75, 3.05) is 30.3 Å². The van der Waals surface area contributed by atoms with E-state index in [1.807, 2.05) is 13.0 Å². The zero-order chi connectivity index (χ0) is 12.4. The molecule has 0 radical (unpaired) electrons. The molecule has 1 aromatic heterocycles. The molecule has 0 aromatic carbocycles. The van der Waals surface area contributed by atoms with Gasteiger partial charge in [-0.2, -0.15) is 0 Å². The lowest BCUT2D eigenvalue weighted by molar-refractivity contribution is 0.122. The third kappa shape index (κ3) is 2.41. The zero-order valence-electron chi connectivity index (χ0n) is 9.71. The summed E-state index contributed by atoms with van der Waals surface area (Å²) < 4.78 is 0. The van der Waals surface area contributed by atoms with Crippen LogP contribution in [0.1, 0.15) is 6.92 Å². The summed E-state index contributed by atoms with van der Waals surface area (Å²) in [5.74, 6) is 0.844. The molecule has 1 aromatic rings. The number of carboxylic acid groups (broad SMARTS) is 1. The van der Waals surface area contributed by atoms with E-state index >= 15 is 0 Å². The number of carbonyl (C=O) groups is 1. The first-order valence-corrected chi connectivity index (χ1v) is 5.54. The predicted molar refractivity (Wildman–Crippen MR) is 65.1 cm³/mol. The molecular formula is C11H16N4O2. The maximum Gasteiger partial charge on any atom is 0.407 e. The van der Waals surface area contributed by atoms with Crippen molar-refractivity contribution in [1.82, 2.24) is 9.88 Å². The van der Waals surface area contributed by atoms with E-state index in [1.54, 1.807) is 12.3 Å². The highest BCUT2D eigenvalue weighted by Crippen LogP contribution is 2.17. The van der Waals surface area contributed by atoms with Gasteiger partial charge in [0.25, 0.3) is 0 Å². The minimum Gasteiger partial charge on any atom is -0.465 e. The van der Waals surface area contributed by atoms with Crippen LogP contribution in [0.3, 0.4) is 0 Å². The number of nitrogens with two attached hydrogens (primary N) is 1. The fraction of sp³-hybridized carbons (Fsp3) is 0.455. The maximum absolute atomic E-state index is 10.9. The Hall–Kier alpha value is -1.98. The quantitative estimate of drug-likeness (QED) is 0.755. The maximum atomic E-state index is 10.9. The van der Waals surface area contributed by atoms with Gasteiger partial charge in [0.15, 0.2) is 0 Å². The monoisotopic (exact) mass is 236 g/mol. The number of hydrogen-bond donors (Lipinski definition) is 2. The topological polar surface area (TPSA) is 82.7 Å². The van der Waals surface area contributed by atoms with E-state index in [-0.39, 0.29) is 6.04 Å². The second-order valence-electron chi connectivity index (χ2n) is 4.22. The summed E-state index contributed by atoms with van der Waals surface area (Å²) >= 11 is 0. The number of aromatic nitrogens is 1. The fourth-order valence-electron chi connectivity index (χ4n) is 2.03. The van der Waals surface area contributed by atoms with Crippen molar-refractivity contribution >= 4 is 17.6 Å². The summed E-state index contributed by atoms with van der Waals surface area (Å²) in [6, 6.07) is 3.63. The first-order valence-electron chi connectivity index (χ1n) is 5.54. The summed E-state index contributed by atoms with van der Waals surface area (Å²) in [4.78, 5) is 18.7. The van der Waals surface area contributed by atoms with E-state index in [2.05, 4.69) is 9.88 Å². The molecule has 3 N–H and O–H groups in total. The number of anilines is 2. The molecule has 6 nitrogen and oxygen atoms in total. The van der Waals surface area contributed by atoms with E-state index in [9.17, 15) is 4.79 Å². The highest BCUT2D eigenvalue weighted by atomic mass is 16.4. The van der Waals surface area contributed by atoms with Crippen molar-refractivity contribution in [2.45, 2.75) is 13.0 Å². The number of nitrogen functional groups attached to an aromatic ring is 1. The molecule has 2 rings (SSSR count). The van der Waals surface area contributed by atoms with Crippen LogP contribution in [0, 0.1) is 0 Å². The number of amides is 1. The highest BCUT2D eigenvalue weighted by Gasteiger charge is 2.27. The molecular weight excluding hydrogens is 220 g/mol. The Morgan fingerprint density at radius 3 is 2.82 bits per heavy atom. The van der Waals surface area contributed by atoms with Crippen LogP contribution < -0.4 is 10.6 Å². The van der Waals surface area contributed by atoms with Gasteiger partial charge in [0.05, 0.1) is 11.9 Å². The van der Waals surface area contributed by atoms with Crippen molar-refractivity contribution in [1.29, 1.82) is 0 Å².